The quantitative estimate of drug-likeness (QED) is 0.525. The first-order valence-electron chi connectivity index (χ1n) is 10.1. The SMILES string of the molecule is COC(=O)C[C@@H](NC(=O)c1nn(-c2ccccc2)c(C)cc1=O)c1ccc(OC)c(OC)c1. The molecule has 172 valence electrons. The molecule has 0 bridgehead atoms. The maximum Gasteiger partial charge on any atom is 0.307 e. The van der Waals surface area contributed by atoms with Gasteiger partial charge in [0.1, 0.15) is 0 Å². The van der Waals surface area contributed by atoms with Gasteiger partial charge in [0, 0.05) is 11.8 Å². The molecule has 0 fully saturated rings. The molecular weight excluding hydrogens is 426 g/mol. The molecule has 0 spiro atoms. The van der Waals surface area contributed by atoms with Gasteiger partial charge >= 0.3 is 5.97 Å². The molecule has 9 heteroatoms. The summed E-state index contributed by atoms with van der Waals surface area (Å²) >= 11 is 0. The fraction of sp³-hybridized carbons (Fsp3) is 0.250. The zero-order valence-corrected chi connectivity index (χ0v) is 18.8. The molecular formula is C24H25N3O6. The van der Waals surface area contributed by atoms with Gasteiger partial charge < -0.3 is 19.5 Å². The van der Waals surface area contributed by atoms with Crippen molar-refractivity contribution in [1.82, 2.24) is 15.1 Å². The molecule has 3 aromatic rings. The lowest BCUT2D eigenvalue weighted by atomic mass is 10.0. The fourth-order valence-electron chi connectivity index (χ4n) is 3.33. The molecule has 0 aliphatic heterocycles. The molecule has 0 aliphatic rings. The second-order valence-corrected chi connectivity index (χ2v) is 7.17. The smallest absolute Gasteiger partial charge is 0.307 e. The van der Waals surface area contributed by atoms with Gasteiger partial charge in [-0.2, -0.15) is 5.10 Å². The minimum Gasteiger partial charge on any atom is -0.493 e. The van der Waals surface area contributed by atoms with Gasteiger partial charge in [0.05, 0.1) is 39.5 Å². The highest BCUT2D eigenvalue weighted by atomic mass is 16.5. The van der Waals surface area contributed by atoms with Crippen molar-refractivity contribution in [2.24, 2.45) is 0 Å². The summed E-state index contributed by atoms with van der Waals surface area (Å²) in [4.78, 5) is 37.7. The van der Waals surface area contributed by atoms with Crippen LogP contribution in [0.4, 0.5) is 0 Å². The zero-order valence-electron chi connectivity index (χ0n) is 18.8. The van der Waals surface area contributed by atoms with E-state index in [0.29, 0.717) is 28.4 Å². The topological polar surface area (TPSA) is 109 Å². The van der Waals surface area contributed by atoms with Crippen LogP contribution >= 0.6 is 0 Å². The molecule has 0 saturated carbocycles. The second kappa shape index (κ2) is 10.4. The highest BCUT2D eigenvalue weighted by molar-refractivity contribution is 5.92. The number of rotatable bonds is 8. The van der Waals surface area contributed by atoms with Gasteiger partial charge in [-0.15, -0.1) is 0 Å². The molecule has 2 aromatic carbocycles. The number of ether oxygens (including phenoxy) is 3. The minimum atomic E-state index is -0.794. The fourth-order valence-corrected chi connectivity index (χ4v) is 3.33. The number of carbonyl (C=O) groups is 2. The molecule has 1 amide bonds. The Hall–Kier alpha value is -4.14. The van der Waals surface area contributed by atoms with Gasteiger partial charge in [-0.3, -0.25) is 14.4 Å². The predicted molar refractivity (Wildman–Crippen MR) is 121 cm³/mol. The van der Waals surface area contributed by atoms with E-state index in [-0.39, 0.29) is 12.1 Å². The summed E-state index contributed by atoms with van der Waals surface area (Å²) in [6, 6.07) is 14.7. The monoisotopic (exact) mass is 451 g/mol. The lowest BCUT2D eigenvalue weighted by molar-refractivity contribution is -0.141. The van der Waals surface area contributed by atoms with Crippen LogP contribution in [0.3, 0.4) is 0 Å². The van der Waals surface area contributed by atoms with Gasteiger partial charge in [-0.25, -0.2) is 4.68 Å². The first-order chi connectivity index (χ1) is 15.9. The van der Waals surface area contributed by atoms with E-state index in [1.807, 2.05) is 30.3 Å². The highest BCUT2D eigenvalue weighted by Crippen LogP contribution is 2.31. The molecule has 33 heavy (non-hydrogen) atoms. The van der Waals surface area contributed by atoms with E-state index in [1.54, 1.807) is 25.1 Å². The third-order valence-corrected chi connectivity index (χ3v) is 5.04. The Bertz CT molecular complexity index is 1210. The predicted octanol–water partition coefficient (Wildman–Crippen LogP) is 2.59. The van der Waals surface area contributed by atoms with E-state index in [4.69, 9.17) is 14.2 Å². The number of carbonyl (C=O) groups excluding carboxylic acids is 2. The third kappa shape index (κ3) is 5.38. The number of hydrogen-bond acceptors (Lipinski definition) is 7. The molecule has 0 saturated heterocycles. The van der Waals surface area contributed by atoms with Crippen molar-refractivity contribution in [2.45, 2.75) is 19.4 Å². The molecule has 1 atom stereocenters. The van der Waals surface area contributed by atoms with Crippen LogP contribution in [-0.2, 0) is 9.53 Å². The van der Waals surface area contributed by atoms with E-state index in [9.17, 15) is 14.4 Å². The van der Waals surface area contributed by atoms with Crippen LogP contribution in [0.15, 0.2) is 59.4 Å². The minimum absolute atomic E-state index is 0.156. The van der Waals surface area contributed by atoms with Crippen molar-refractivity contribution in [3.63, 3.8) is 0 Å². The average Bonchev–Trinajstić information content (AvgIpc) is 2.83. The van der Waals surface area contributed by atoms with Crippen LogP contribution in [0.5, 0.6) is 11.5 Å². The molecule has 0 radical (unpaired) electrons. The molecule has 1 heterocycles. The van der Waals surface area contributed by atoms with Gasteiger partial charge in [-0.05, 0) is 36.8 Å². The number of hydrogen-bond donors (Lipinski definition) is 1. The highest BCUT2D eigenvalue weighted by Gasteiger charge is 2.24. The Morgan fingerprint density at radius 2 is 1.70 bits per heavy atom. The number of para-hydroxylation sites is 1. The van der Waals surface area contributed by atoms with Gasteiger partial charge in [0.25, 0.3) is 5.91 Å². The summed E-state index contributed by atoms with van der Waals surface area (Å²) in [5.41, 5.74) is 1.03. The molecule has 3 rings (SSSR count). The van der Waals surface area contributed by atoms with Gasteiger partial charge in [-0.1, -0.05) is 24.3 Å². The van der Waals surface area contributed by atoms with Crippen LogP contribution in [0, 0.1) is 6.92 Å². The molecule has 0 unspecified atom stereocenters. The number of methoxy groups -OCH3 is 3. The maximum absolute atomic E-state index is 13.1. The van der Waals surface area contributed by atoms with E-state index in [2.05, 4.69) is 10.4 Å². The molecule has 9 nitrogen and oxygen atoms in total. The number of nitrogens with zero attached hydrogens (tertiary/aromatic N) is 2. The second-order valence-electron chi connectivity index (χ2n) is 7.17. The summed E-state index contributed by atoms with van der Waals surface area (Å²) in [5.74, 6) is -0.323. The van der Waals surface area contributed by atoms with Crippen LogP contribution < -0.4 is 20.2 Å². The molecule has 1 aromatic heterocycles. The number of amides is 1. The Morgan fingerprint density at radius 3 is 2.33 bits per heavy atom. The largest absolute Gasteiger partial charge is 0.493 e. The maximum atomic E-state index is 13.1. The Labute approximate surface area is 190 Å². The van der Waals surface area contributed by atoms with Crippen molar-refractivity contribution < 1.29 is 23.8 Å². The number of esters is 1. The number of nitrogens with one attached hydrogen (secondary N) is 1. The zero-order chi connectivity index (χ0) is 24.0. The summed E-state index contributed by atoms with van der Waals surface area (Å²) in [7, 11) is 4.25. The third-order valence-electron chi connectivity index (χ3n) is 5.04. The Kier molecular flexibility index (Phi) is 7.45. The molecule has 0 aliphatic carbocycles. The lowest BCUT2D eigenvalue weighted by Crippen LogP contribution is -2.35. The van der Waals surface area contributed by atoms with E-state index in [1.165, 1.54) is 32.1 Å². The summed E-state index contributed by atoms with van der Waals surface area (Å²) < 4.78 is 16.9. The van der Waals surface area contributed by atoms with Crippen molar-refractivity contribution in [2.75, 3.05) is 21.3 Å². The summed E-state index contributed by atoms with van der Waals surface area (Å²) in [5, 5.41) is 7.01. The van der Waals surface area contributed by atoms with Crippen LogP contribution in [0.1, 0.15) is 34.2 Å². The first kappa shape index (κ1) is 23.5. The van der Waals surface area contributed by atoms with Gasteiger partial charge in [0.15, 0.2) is 17.2 Å². The van der Waals surface area contributed by atoms with Crippen molar-refractivity contribution >= 4 is 11.9 Å². The van der Waals surface area contributed by atoms with Crippen LogP contribution in [0.25, 0.3) is 5.69 Å². The van der Waals surface area contributed by atoms with E-state index < -0.39 is 23.3 Å². The van der Waals surface area contributed by atoms with Crippen molar-refractivity contribution in [1.29, 1.82) is 0 Å². The average molecular weight is 451 g/mol. The normalized spacial score (nSPS) is 11.4. The van der Waals surface area contributed by atoms with Gasteiger partial charge in [0.2, 0.25) is 5.43 Å². The Morgan fingerprint density at radius 1 is 1.00 bits per heavy atom. The lowest BCUT2D eigenvalue weighted by Gasteiger charge is -2.20. The van der Waals surface area contributed by atoms with E-state index in [0.717, 1.165) is 0 Å². The van der Waals surface area contributed by atoms with Crippen LogP contribution in [0.2, 0.25) is 0 Å². The van der Waals surface area contributed by atoms with Crippen LogP contribution in [-0.4, -0.2) is 43.0 Å². The number of benzene rings is 2. The number of aryl methyl sites for hydroxylation is 1. The number of aromatic nitrogens is 2. The Balaban J connectivity index is 1.98. The van der Waals surface area contributed by atoms with E-state index >= 15 is 0 Å². The summed E-state index contributed by atoms with van der Waals surface area (Å²) in [6.45, 7) is 1.73. The summed E-state index contributed by atoms with van der Waals surface area (Å²) in [6.07, 6.45) is -0.156. The molecule has 1 N–H and O–H groups in total. The van der Waals surface area contributed by atoms with Crippen molar-refractivity contribution in [3.8, 4) is 17.2 Å². The standard InChI is InChI=1S/C24H25N3O6/c1-15-12-19(28)23(26-27(15)17-8-6-5-7-9-17)24(30)25-18(14-22(29)33-4)16-10-11-20(31-2)21(13-16)32-3/h5-13,18H,14H2,1-4H3,(H,25,30)/t18-/m1/s1. The first-order valence-corrected chi connectivity index (χ1v) is 10.1. The van der Waals surface area contributed by atoms with Crippen molar-refractivity contribution in [3.05, 3.63) is 81.8 Å².